The minimum Gasteiger partial charge on any atom is -0.423 e. The number of para-hydroxylation sites is 1. The maximum atomic E-state index is 11.5. The van der Waals surface area contributed by atoms with E-state index in [9.17, 15) is 30.7 Å². The highest BCUT2D eigenvalue weighted by atomic mass is 32.2. The average molecular weight is 519 g/mol. The fourth-order valence-electron chi connectivity index (χ4n) is 3.31. The second kappa shape index (κ2) is 9.98. The van der Waals surface area contributed by atoms with Crippen LogP contribution in [0.3, 0.4) is 0 Å². The first-order valence-electron chi connectivity index (χ1n) is 9.96. The molecule has 0 bridgehead atoms. The Morgan fingerprint density at radius 3 is 2.37 bits per heavy atom. The first kappa shape index (κ1) is 26.1. The molecule has 184 valence electrons. The zero-order valence-corrected chi connectivity index (χ0v) is 19.7. The molecule has 2 unspecified atom stereocenters. The summed E-state index contributed by atoms with van der Waals surface area (Å²) in [6.07, 6.45) is 7.96. The highest BCUT2D eigenvalue weighted by Crippen LogP contribution is 2.26. The number of hydrogen-bond donors (Lipinski definition) is 4. The molecule has 3 aromatic rings. The fraction of sp³-hybridized carbons (Fsp3) is 0.0870. The van der Waals surface area contributed by atoms with Crippen LogP contribution in [0, 0.1) is 0 Å². The lowest BCUT2D eigenvalue weighted by Gasteiger charge is -2.29. The summed E-state index contributed by atoms with van der Waals surface area (Å²) in [5.74, 6) is 0. The van der Waals surface area contributed by atoms with Crippen molar-refractivity contribution < 1.29 is 30.4 Å². The van der Waals surface area contributed by atoms with Gasteiger partial charge in [0.15, 0.2) is 0 Å². The van der Waals surface area contributed by atoms with Crippen molar-refractivity contribution in [3.05, 3.63) is 101 Å². The van der Waals surface area contributed by atoms with E-state index in [2.05, 4.69) is 0 Å². The largest absolute Gasteiger partial charge is 0.423 e. The normalized spacial score (nSPS) is 20.0. The predicted octanol–water partition coefficient (Wildman–Crippen LogP) is 2.40. The number of hydrogen-bond acceptors (Lipinski definition) is 8. The topological polar surface area (TPSA) is 191 Å². The van der Waals surface area contributed by atoms with Gasteiger partial charge in [0, 0.05) is 17.1 Å². The van der Waals surface area contributed by atoms with E-state index in [0.29, 0.717) is 5.58 Å². The minimum absolute atomic E-state index is 0.0635. The summed E-state index contributed by atoms with van der Waals surface area (Å²) in [7, 11) is -9.03. The number of benzene rings is 2. The van der Waals surface area contributed by atoms with E-state index in [-0.39, 0.29) is 16.9 Å². The number of anilines is 1. The van der Waals surface area contributed by atoms with E-state index >= 15 is 0 Å². The highest BCUT2D eigenvalue weighted by molar-refractivity contribution is 7.86. The van der Waals surface area contributed by atoms with Crippen LogP contribution in [-0.4, -0.2) is 36.7 Å². The van der Waals surface area contributed by atoms with Crippen LogP contribution < -0.4 is 17.1 Å². The van der Waals surface area contributed by atoms with Gasteiger partial charge in [-0.25, -0.2) is 4.79 Å². The second-order valence-electron chi connectivity index (χ2n) is 7.58. The summed E-state index contributed by atoms with van der Waals surface area (Å²) in [5, 5.41) is -0.485. The Balaban J connectivity index is 0.000000256. The molecule has 1 aliphatic carbocycles. The molecule has 10 nitrogen and oxygen atoms in total. The monoisotopic (exact) mass is 518 g/mol. The van der Waals surface area contributed by atoms with Crippen LogP contribution >= 0.6 is 0 Å². The van der Waals surface area contributed by atoms with Crippen molar-refractivity contribution in [1.29, 1.82) is 0 Å². The summed E-state index contributed by atoms with van der Waals surface area (Å²) in [4.78, 5) is 10.3. The van der Waals surface area contributed by atoms with Gasteiger partial charge < -0.3 is 15.9 Å². The zero-order valence-electron chi connectivity index (χ0n) is 18.1. The molecule has 2 aromatic carbocycles. The molecule has 0 aliphatic heterocycles. The average Bonchev–Trinajstić information content (AvgIpc) is 2.77. The Bertz CT molecular complexity index is 1610. The Morgan fingerprint density at radius 1 is 0.971 bits per heavy atom. The molecule has 4 rings (SSSR count). The number of nitrogen functional groups attached to an aromatic ring is 1. The summed E-state index contributed by atoms with van der Waals surface area (Å²) in [5.41, 5.74) is 10.5. The van der Waals surface area contributed by atoms with Crippen LogP contribution in [0.4, 0.5) is 5.69 Å². The van der Waals surface area contributed by atoms with E-state index in [1.165, 1.54) is 54.7 Å². The van der Waals surface area contributed by atoms with Crippen LogP contribution in [0.25, 0.3) is 17.0 Å². The van der Waals surface area contributed by atoms with Gasteiger partial charge in [-0.1, -0.05) is 60.7 Å². The van der Waals surface area contributed by atoms with Gasteiger partial charge in [-0.2, -0.15) is 16.8 Å². The third-order valence-electron chi connectivity index (χ3n) is 4.99. The predicted molar refractivity (Wildman–Crippen MR) is 133 cm³/mol. The van der Waals surface area contributed by atoms with Gasteiger partial charge in [0.2, 0.25) is 0 Å². The zero-order chi connectivity index (χ0) is 25.9. The lowest BCUT2D eigenvalue weighted by molar-refractivity contribution is 0.459. The van der Waals surface area contributed by atoms with Crippen molar-refractivity contribution >= 4 is 43.0 Å². The lowest BCUT2D eigenvalue weighted by atomic mass is 9.90. The molecule has 35 heavy (non-hydrogen) atoms. The van der Waals surface area contributed by atoms with Crippen molar-refractivity contribution in [3.8, 4) is 0 Å². The van der Waals surface area contributed by atoms with Crippen molar-refractivity contribution in [3.63, 3.8) is 0 Å². The Morgan fingerprint density at radius 2 is 1.69 bits per heavy atom. The van der Waals surface area contributed by atoms with Crippen LogP contribution in [0.15, 0.2) is 99.1 Å². The quantitative estimate of drug-likeness (QED) is 0.226. The molecule has 0 spiro atoms. The van der Waals surface area contributed by atoms with Crippen LogP contribution in [0.5, 0.6) is 0 Å². The molecule has 0 saturated carbocycles. The first-order valence-corrected chi connectivity index (χ1v) is 12.9. The standard InChI is InChI=1S/C14H16N2O6S2.C9H6O2/c15-11-5-4-10(12(9-11)23(17,18)19)6-8-14(16)7-2-1-3-13(14)24(20,21)22;10-9-6-5-7-3-1-2-4-8(7)11-9/h1-9,13H,15-16H2,(H,17,18,19)(H,20,21,22);1-6H. The van der Waals surface area contributed by atoms with Gasteiger partial charge in [-0.05, 0) is 29.8 Å². The Hall–Kier alpha value is -3.55. The van der Waals surface area contributed by atoms with Crippen molar-refractivity contribution in [2.75, 3.05) is 5.73 Å². The summed E-state index contributed by atoms with van der Waals surface area (Å²) >= 11 is 0. The fourth-order valence-corrected chi connectivity index (χ4v) is 5.00. The summed E-state index contributed by atoms with van der Waals surface area (Å²) in [6.45, 7) is 0. The van der Waals surface area contributed by atoms with Crippen molar-refractivity contribution in [2.24, 2.45) is 5.73 Å². The third kappa shape index (κ3) is 6.53. The van der Waals surface area contributed by atoms with Gasteiger partial charge in [-0.3, -0.25) is 9.11 Å². The summed E-state index contributed by atoms with van der Waals surface area (Å²) < 4.78 is 69.3. The molecule has 12 heteroatoms. The molecule has 0 amide bonds. The van der Waals surface area contributed by atoms with Crippen LogP contribution in [-0.2, 0) is 20.2 Å². The second-order valence-corrected chi connectivity index (χ2v) is 10.5. The van der Waals surface area contributed by atoms with Gasteiger partial charge in [0.05, 0.1) is 5.54 Å². The van der Waals surface area contributed by atoms with Crippen LogP contribution in [0.2, 0.25) is 0 Å². The number of rotatable bonds is 4. The third-order valence-corrected chi connectivity index (χ3v) is 7.11. The molecule has 1 heterocycles. The van der Waals surface area contributed by atoms with E-state index in [4.69, 9.17) is 15.9 Å². The van der Waals surface area contributed by atoms with Gasteiger partial charge in [0.1, 0.15) is 15.7 Å². The summed E-state index contributed by atoms with van der Waals surface area (Å²) in [6, 6.07) is 14.4. The van der Waals surface area contributed by atoms with E-state index in [1.54, 1.807) is 12.1 Å². The molecule has 1 aromatic heterocycles. The molecule has 2 atom stereocenters. The Labute approximate surface area is 201 Å². The molecule has 6 N–H and O–H groups in total. The van der Waals surface area contributed by atoms with Gasteiger partial charge >= 0.3 is 5.63 Å². The van der Waals surface area contributed by atoms with E-state index in [0.717, 1.165) is 11.5 Å². The van der Waals surface area contributed by atoms with Gasteiger partial charge in [0.25, 0.3) is 20.2 Å². The maximum absolute atomic E-state index is 11.5. The molecule has 0 fully saturated rings. The van der Waals surface area contributed by atoms with Crippen LogP contribution in [0.1, 0.15) is 5.56 Å². The molecule has 1 aliphatic rings. The highest BCUT2D eigenvalue weighted by Gasteiger charge is 2.38. The molecular formula is C23H22N2O8S2. The number of allylic oxidation sites excluding steroid dienone is 2. The lowest BCUT2D eigenvalue weighted by Crippen LogP contribution is -2.51. The number of fused-ring (bicyclic) bond motifs is 1. The van der Waals surface area contributed by atoms with E-state index < -0.39 is 35.9 Å². The first-order chi connectivity index (χ1) is 16.3. The maximum Gasteiger partial charge on any atom is 0.336 e. The smallest absolute Gasteiger partial charge is 0.336 e. The van der Waals surface area contributed by atoms with E-state index in [1.807, 2.05) is 18.2 Å². The molecule has 0 radical (unpaired) electrons. The minimum atomic E-state index is -4.54. The van der Waals surface area contributed by atoms with Crippen molar-refractivity contribution in [1.82, 2.24) is 0 Å². The Kier molecular flexibility index (Phi) is 7.43. The number of nitrogens with two attached hydrogens (primary N) is 2. The molecular weight excluding hydrogens is 496 g/mol. The van der Waals surface area contributed by atoms with Gasteiger partial charge in [-0.15, -0.1) is 0 Å². The SMILES string of the molecule is Nc1ccc(C=CC2(N)C=CC=CC2S(=O)(=O)O)c(S(=O)(=O)O)c1.O=c1ccc2ccccc2o1. The molecule has 0 saturated heterocycles. The van der Waals surface area contributed by atoms with Crippen molar-refractivity contribution in [2.45, 2.75) is 15.7 Å².